The Kier molecular flexibility index (Phi) is 10.0. The summed E-state index contributed by atoms with van der Waals surface area (Å²) in [5.74, 6) is -1.38. The second-order valence-corrected chi connectivity index (χ2v) is 13.8. The molecule has 5 rings (SSSR count). The molecule has 1 aromatic heterocycles. The monoisotopic (exact) mass is 682 g/mol. The van der Waals surface area contributed by atoms with Crippen LogP contribution in [-0.2, 0) is 23.1 Å². The lowest BCUT2D eigenvalue weighted by atomic mass is 9.85. The van der Waals surface area contributed by atoms with Crippen molar-refractivity contribution < 1.29 is 27.5 Å². The molecule has 0 atom stereocenters. The molecule has 0 unspecified atom stereocenters. The number of nitrogens with zero attached hydrogens (tertiary/aromatic N) is 3. The van der Waals surface area contributed by atoms with E-state index in [9.17, 15) is 22.8 Å². The summed E-state index contributed by atoms with van der Waals surface area (Å²) in [5, 5.41) is 9.81. The van der Waals surface area contributed by atoms with E-state index in [4.69, 9.17) is 32.9 Å². The molecule has 3 N–H and O–H groups in total. The Balaban J connectivity index is 1.43. The van der Waals surface area contributed by atoms with Crippen LogP contribution in [0, 0.1) is 11.3 Å². The molecule has 9 nitrogen and oxygen atoms in total. The largest absolute Gasteiger partial charge is 0.391 e. The van der Waals surface area contributed by atoms with Crippen LogP contribution < -0.4 is 20.9 Å². The molecule has 1 saturated heterocycles. The number of aryl methyl sites for hydroxylation is 1. The Morgan fingerprint density at radius 3 is 2.35 bits per heavy atom. The Morgan fingerprint density at radius 2 is 1.72 bits per heavy atom. The predicted molar refractivity (Wildman–Crippen MR) is 174 cm³/mol. The average molecular weight is 684 g/mol. The first kappa shape index (κ1) is 34.1. The summed E-state index contributed by atoms with van der Waals surface area (Å²) < 4.78 is 46.9. The highest BCUT2D eigenvalue weighted by molar-refractivity contribution is 6.39. The molecule has 0 radical (unpaired) electrons. The molecule has 46 heavy (non-hydrogen) atoms. The first-order valence-corrected chi connectivity index (χ1v) is 16.1. The molecule has 3 aromatic rings. The highest BCUT2D eigenvalue weighted by atomic mass is 35.5. The van der Waals surface area contributed by atoms with Gasteiger partial charge in [-0.2, -0.15) is 13.2 Å². The molecule has 0 spiro atoms. The van der Waals surface area contributed by atoms with Gasteiger partial charge < -0.3 is 30.2 Å². The quantitative estimate of drug-likeness (QED) is 0.249. The lowest BCUT2D eigenvalue weighted by molar-refractivity contribution is -0.182. The van der Waals surface area contributed by atoms with E-state index in [-0.39, 0.29) is 50.1 Å². The number of hydrogen-bond acceptors (Lipinski definition) is 6. The van der Waals surface area contributed by atoms with Crippen molar-refractivity contribution in [2.75, 3.05) is 36.5 Å². The summed E-state index contributed by atoms with van der Waals surface area (Å²) in [6, 6.07) is 6.71. The maximum Gasteiger partial charge on any atom is 0.391 e. The zero-order chi connectivity index (χ0) is 33.4. The standard InChI is InChI=1S/C32H39Cl2F3N6O3/c1-31(2,3)29(45)38-17-18-5-10-22(33)27(26(18)34)41-30-40-23-15-21(24(16-25(23)42(30)4)43-11-13-46-14-12-43)28(44)39-20-8-6-19(7-9-20)32(35,36)37/h5,10,15-16,19-20H,6-9,11-14,17H2,1-4H3,(H,38,45)(H,39,44)(H,40,41). The van der Waals surface area contributed by atoms with Crippen LogP contribution in [0.1, 0.15) is 62.4 Å². The molecule has 2 heterocycles. The first-order chi connectivity index (χ1) is 21.6. The number of amides is 2. The normalized spacial score (nSPS) is 19.3. The molecule has 1 aliphatic carbocycles. The summed E-state index contributed by atoms with van der Waals surface area (Å²) >= 11 is 13.3. The SMILES string of the molecule is Cn1c(Nc2c(Cl)ccc(CNC(=O)C(C)(C)C)c2Cl)nc2cc(C(=O)NC3CCC(C(F)(F)F)CC3)c(N3CCOCC3)cc21. The van der Waals surface area contributed by atoms with Gasteiger partial charge in [0.25, 0.3) is 5.91 Å². The molecule has 0 bridgehead atoms. The van der Waals surface area contributed by atoms with Crippen molar-refractivity contribution >= 4 is 63.4 Å². The zero-order valence-corrected chi connectivity index (χ0v) is 27.8. The van der Waals surface area contributed by atoms with Crippen LogP contribution in [0.25, 0.3) is 11.0 Å². The highest BCUT2D eigenvalue weighted by Gasteiger charge is 2.41. The number of carbonyl (C=O) groups is 2. The minimum absolute atomic E-state index is 0.00560. The average Bonchev–Trinajstić information content (AvgIpc) is 3.31. The predicted octanol–water partition coefficient (Wildman–Crippen LogP) is 6.97. The van der Waals surface area contributed by atoms with Gasteiger partial charge in [0.05, 0.1) is 57.1 Å². The Bertz CT molecular complexity index is 1610. The zero-order valence-electron chi connectivity index (χ0n) is 26.3. The van der Waals surface area contributed by atoms with E-state index in [0.29, 0.717) is 70.3 Å². The Morgan fingerprint density at radius 1 is 1.04 bits per heavy atom. The topological polar surface area (TPSA) is 101 Å². The van der Waals surface area contributed by atoms with Crippen molar-refractivity contribution in [3.63, 3.8) is 0 Å². The molecule has 1 saturated carbocycles. The van der Waals surface area contributed by atoms with Gasteiger partial charge >= 0.3 is 6.18 Å². The van der Waals surface area contributed by atoms with Crippen molar-refractivity contribution in [1.29, 1.82) is 0 Å². The van der Waals surface area contributed by atoms with Crippen LogP contribution in [0.2, 0.25) is 10.0 Å². The summed E-state index contributed by atoms with van der Waals surface area (Å²) in [5.41, 5.74) is 2.90. The Labute approximate surface area is 276 Å². The Hall–Kier alpha value is -3.22. The lowest BCUT2D eigenvalue weighted by Gasteiger charge is -2.32. The maximum atomic E-state index is 13.7. The molecule has 1 aliphatic heterocycles. The third kappa shape index (κ3) is 7.50. The van der Waals surface area contributed by atoms with E-state index in [2.05, 4.69) is 20.9 Å². The number of hydrogen-bond donors (Lipinski definition) is 3. The van der Waals surface area contributed by atoms with Crippen molar-refractivity contribution in [3.8, 4) is 0 Å². The van der Waals surface area contributed by atoms with Gasteiger partial charge in [-0.25, -0.2) is 4.98 Å². The van der Waals surface area contributed by atoms with Crippen molar-refractivity contribution in [3.05, 3.63) is 45.4 Å². The van der Waals surface area contributed by atoms with Crippen LogP contribution >= 0.6 is 23.2 Å². The number of nitrogens with one attached hydrogen (secondary N) is 3. The minimum atomic E-state index is -4.22. The van der Waals surface area contributed by atoms with Crippen molar-refractivity contribution in [2.24, 2.45) is 18.4 Å². The van der Waals surface area contributed by atoms with E-state index in [1.54, 1.807) is 18.2 Å². The number of carbonyl (C=O) groups excluding carboxylic acids is 2. The third-order valence-electron chi connectivity index (χ3n) is 8.65. The number of alkyl halides is 3. The van der Waals surface area contributed by atoms with Gasteiger partial charge in [-0.1, -0.05) is 50.0 Å². The van der Waals surface area contributed by atoms with Crippen LogP contribution in [0.3, 0.4) is 0 Å². The van der Waals surface area contributed by atoms with E-state index >= 15 is 0 Å². The van der Waals surface area contributed by atoms with Gasteiger partial charge in [0.1, 0.15) is 0 Å². The molecule has 2 fully saturated rings. The molecule has 2 amide bonds. The highest BCUT2D eigenvalue weighted by Crippen LogP contribution is 2.39. The minimum Gasteiger partial charge on any atom is -0.378 e. The van der Waals surface area contributed by atoms with E-state index < -0.39 is 17.5 Å². The van der Waals surface area contributed by atoms with Gasteiger partial charge in [0.15, 0.2) is 0 Å². The summed E-state index contributed by atoms with van der Waals surface area (Å²) in [4.78, 5) is 32.9. The molecule has 2 aliphatic rings. The number of ether oxygens (including phenoxy) is 1. The molecule has 250 valence electrons. The number of aromatic nitrogens is 2. The fraction of sp³-hybridized carbons (Fsp3) is 0.531. The van der Waals surface area contributed by atoms with E-state index in [1.165, 1.54) is 0 Å². The molecule has 2 aromatic carbocycles. The van der Waals surface area contributed by atoms with E-state index in [1.807, 2.05) is 38.5 Å². The number of benzene rings is 2. The summed E-state index contributed by atoms with van der Waals surface area (Å²) in [7, 11) is 1.83. The van der Waals surface area contributed by atoms with Crippen LogP contribution in [0.5, 0.6) is 0 Å². The van der Waals surface area contributed by atoms with Crippen molar-refractivity contribution in [2.45, 2.75) is 65.2 Å². The maximum absolute atomic E-state index is 13.7. The molecular formula is C32H39Cl2F3N6O3. The second-order valence-electron chi connectivity index (χ2n) is 13.0. The fourth-order valence-electron chi connectivity index (χ4n) is 5.81. The van der Waals surface area contributed by atoms with Gasteiger partial charge in [0, 0.05) is 38.1 Å². The van der Waals surface area contributed by atoms with Crippen LogP contribution in [0.15, 0.2) is 24.3 Å². The van der Waals surface area contributed by atoms with Gasteiger partial charge in [-0.15, -0.1) is 0 Å². The van der Waals surface area contributed by atoms with Crippen molar-refractivity contribution in [1.82, 2.24) is 20.2 Å². The second kappa shape index (κ2) is 13.5. The van der Waals surface area contributed by atoms with E-state index in [0.717, 1.165) is 5.52 Å². The smallest absolute Gasteiger partial charge is 0.378 e. The first-order valence-electron chi connectivity index (χ1n) is 15.4. The number of morpholine rings is 1. The number of anilines is 3. The van der Waals surface area contributed by atoms with Crippen LogP contribution in [-0.4, -0.2) is 59.9 Å². The van der Waals surface area contributed by atoms with Gasteiger partial charge in [0.2, 0.25) is 11.9 Å². The molecular weight excluding hydrogens is 644 g/mol. The van der Waals surface area contributed by atoms with Gasteiger partial charge in [-0.3, -0.25) is 9.59 Å². The number of rotatable bonds is 7. The van der Waals surface area contributed by atoms with Gasteiger partial charge in [-0.05, 0) is 49.4 Å². The number of imidazole rings is 1. The summed E-state index contributed by atoms with van der Waals surface area (Å²) in [6.45, 7) is 7.85. The lowest BCUT2D eigenvalue weighted by Crippen LogP contribution is -2.41. The van der Waals surface area contributed by atoms with Crippen LogP contribution in [0.4, 0.5) is 30.5 Å². The number of fused-ring (bicyclic) bond motifs is 1. The third-order valence-corrected chi connectivity index (χ3v) is 9.40. The molecule has 14 heteroatoms. The number of halogens is 5. The summed E-state index contributed by atoms with van der Waals surface area (Å²) in [6.07, 6.45) is -3.69. The fourth-order valence-corrected chi connectivity index (χ4v) is 6.35.